The Morgan fingerprint density at radius 2 is 1.81 bits per heavy atom. The maximum atomic E-state index is 13.5. The molecular formula is C25H30N4O2S. The third-order valence-corrected chi connectivity index (χ3v) is 9.15. The van der Waals surface area contributed by atoms with Crippen molar-refractivity contribution in [3.05, 3.63) is 83.9 Å². The van der Waals surface area contributed by atoms with Gasteiger partial charge in [-0.05, 0) is 42.9 Å². The van der Waals surface area contributed by atoms with Crippen LogP contribution in [0.4, 0.5) is 5.69 Å². The third-order valence-electron chi connectivity index (χ3n) is 6.84. The van der Waals surface area contributed by atoms with Crippen LogP contribution in [0.25, 0.3) is 0 Å². The molecule has 0 bridgehead atoms. The lowest BCUT2D eigenvalue weighted by Gasteiger charge is -2.36. The van der Waals surface area contributed by atoms with E-state index in [4.69, 9.17) is 0 Å². The second kappa shape index (κ2) is 9.08. The monoisotopic (exact) mass is 450 g/mol. The molecule has 1 atom stereocenters. The van der Waals surface area contributed by atoms with Gasteiger partial charge in [-0.1, -0.05) is 55.0 Å². The molecule has 2 heterocycles. The summed E-state index contributed by atoms with van der Waals surface area (Å²) < 4.78 is 28.7. The number of para-hydroxylation sites is 1. The highest BCUT2D eigenvalue weighted by Gasteiger charge is 2.40. The van der Waals surface area contributed by atoms with Crippen molar-refractivity contribution in [3.63, 3.8) is 0 Å². The molecule has 0 radical (unpaired) electrons. The molecule has 1 aliphatic carbocycles. The van der Waals surface area contributed by atoms with Gasteiger partial charge in [0.1, 0.15) is 0 Å². The van der Waals surface area contributed by atoms with E-state index >= 15 is 0 Å². The standard InChI is InChI=1S/C25H30N4O2S/c30-32(31,24-10-6-11-24)28-16-21-9-4-5-12-25(21)29(17-22-15-26-19-27-22)23(18-28)14-13-20-7-2-1-3-8-20/h1-5,7-9,12,15,19,23-24H,6,10-11,13-14,16-18H2,(H,26,27). The van der Waals surface area contributed by atoms with E-state index in [-0.39, 0.29) is 11.3 Å². The Kier molecular flexibility index (Phi) is 6.02. The molecule has 168 valence electrons. The molecule has 6 nitrogen and oxygen atoms in total. The number of nitrogens with zero attached hydrogens (tertiary/aromatic N) is 3. The van der Waals surface area contributed by atoms with Gasteiger partial charge in [-0.3, -0.25) is 0 Å². The highest BCUT2D eigenvalue weighted by atomic mass is 32.2. The number of fused-ring (bicyclic) bond motifs is 1. The van der Waals surface area contributed by atoms with Crippen LogP contribution in [-0.4, -0.2) is 40.5 Å². The quantitative estimate of drug-likeness (QED) is 0.588. The van der Waals surface area contributed by atoms with Gasteiger partial charge in [0, 0.05) is 31.0 Å². The predicted octanol–water partition coefficient (Wildman–Crippen LogP) is 4.12. The zero-order valence-electron chi connectivity index (χ0n) is 18.2. The highest BCUT2D eigenvalue weighted by molar-refractivity contribution is 7.89. The summed E-state index contributed by atoms with van der Waals surface area (Å²) in [6, 6.07) is 18.8. The molecule has 1 N–H and O–H groups in total. The van der Waals surface area contributed by atoms with Crippen LogP contribution in [0, 0.1) is 0 Å². The van der Waals surface area contributed by atoms with Crippen molar-refractivity contribution in [3.8, 4) is 0 Å². The van der Waals surface area contributed by atoms with Crippen LogP contribution in [-0.2, 0) is 29.5 Å². The summed E-state index contributed by atoms with van der Waals surface area (Å²) in [5.41, 5.74) is 4.49. The molecule has 3 aromatic rings. The number of benzene rings is 2. The maximum absolute atomic E-state index is 13.5. The van der Waals surface area contributed by atoms with Gasteiger partial charge in [-0.25, -0.2) is 13.4 Å². The van der Waals surface area contributed by atoms with E-state index in [2.05, 4.69) is 51.3 Å². The zero-order chi connectivity index (χ0) is 22.0. The van der Waals surface area contributed by atoms with Crippen molar-refractivity contribution in [1.82, 2.24) is 14.3 Å². The van der Waals surface area contributed by atoms with Crippen molar-refractivity contribution in [1.29, 1.82) is 0 Å². The fraction of sp³-hybridized carbons (Fsp3) is 0.400. The molecule has 1 unspecified atom stereocenters. The number of aryl methyl sites for hydroxylation is 1. The number of H-pyrrole nitrogens is 1. The number of aromatic nitrogens is 2. The molecule has 0 amide bonds. The molecule has 7 heteroatoms. The van der Waals surface area contributed by atoms with Gasteiger partial charge in [0.05, 0.1) is 23.8 Å². The zero-order valence-corrected chi connectivity index (χ0v) is 19.0. The van der Waals surface area contributed by atoms with Crippen LogP contribution in [0.1, 0.15) is 42.5 Å². The lowest BCUT2D eigenvalue weighted by molar-refractivity contribution is 0.350. The Labute approximate surface area is 190 Å². The number of aromatic amines is 1. The van der Waals surface area contributed by atoms with E-state index in [0.29, 0.717) is 19.6 Å². The third kappa shape index (κ3) is 4.32. The molecule has 0 saturated heterocycles. The lowest BCUT2D eigenvalue weighted by Crippen LogP contribution is -2.47. The number of sulfonamides is 1. The van der Waals surface area contributed by atoms with E-state index in [0.717, 1.165) is 49.0 Å². The second-order valence-corrected chi connectivity index (χ2v) is 11.1. The Bertz CT molecular complexity index is 1130. The predicted molar refractivity (Wildman–Crippen MR) is 127 cm³/mol. The van der Waals surface area contributed by atoms with Gasteiger partial charge in [0.25, 0.3) is 0 Å². The van der Waals surface area contributed by atoms with E-state index < -0.39 is 10.0 Å². The van der Waals surface area contributed by atoms with E-state index in [1.165, 1.54) is 5.56 Å². The smallest absolute Gasteiger partial charge is 0.217 e. The summed E-state index contributed by atoms with van der Waals surface area (Å²) >= 11 is 0. The summed E-state index contributed by atoms with van der Waals surface area (Å²) in [5.74, 6) is 0. The minimum absolute atomic E-state index is 0.0667. The minimum atomic E-state index is -3.31. The van der Waals surface area contributed by atoms with Gasteiger partial charge < -0.3 is 9.88 Å². The van der Waals surface area contributed by atoms with E-state index in [1.54, 1.807) is 10.6 Å². The van der Waals surface area contributed by atoms with Crippen LogP contribution in [0.3, 0.4) is 0 Å². The fourth-order valence-electron chi connectivity index (χ4n) is 4.78. The van der Waals surface area contributed by atoms with Crippen molar-refractivity contribution < 1.29 is 8.42 Å². The molecule has 5 rings (SSSR count). The first-order valence-corrected chi connectivity index (χ1v) is 13.0. The average Bonchev–Trinajstić information content (AvgIpc) is 3.21. The van der Waals surface area contributed by atoms with Gasteiger partial charge >= 0.3 is 0 Å². The number of imidazole rings is 1. The van der Waals surface area contributed by atoms with Crippen LogP contribution >= 0.6 is 0 Å². The van der Waals surface area contributed by atoms with E-state index in [1.807, 2.05) is 24.4 Å². The Morgan fingerprint density at radius 3 is 2.53 bits per heavy atom. The largest absolute Gasteiger partial charge is 0.361 e. The lowest BCUT2D eigenvalue weighted by atomic mass is 10.0. The highest BCUT2D eigenvalue weighted by Crippen LogP contribution is 2.35. The molecule has 0 spiro atoms. The van der Waals surface area contributed by atoms with Gasteiger partial charge in [-0.15, -0.1) is 0 Å². The van der Waals surface area contributed by atoms with Crippen molar-refractivity contribution >= 4 is 15.7 Å². The molecule has 1 aromatic heterocycles. The number of rotatable bonds is 7. The minimum Gasteiger partial charge on any atom is -0.361 e. The van der Waals surface area contributed by atoms with Gasteiger partial charge in [0.2, 0.25) is 10.0 Å². The second-order valence-electron chi connectivity index (χ2n) is 8.90. The number of anilines is 1. The van der Waals surface area contributed by atoms with E-state index in [9.17, 15) is 8.42 Å². The molecule has 32 heavy (non-hydrogen) atoms. The maximum Gasteiger partial charge on any atom is 0.217 e. The molecule has 2 aliphatic rings. The van der Waals surface area contributed by atoms with Crippen molar-refractivity contribution in [2.24, 2.45) is 0 Å². The van der Waals surface area contributed by atoms with Gasteiger partial charge in [-0.2, -0.15) is 4.31 Å². The molecular weight excluding hydrogens is 420 g/mol. The normalized spacial score (nSPS) is 19.9. The van der Waals surface area contributed by atoms with Crippen LogP contribution in [0.15, 0.2) is 67.1 Å². The average molecular weight is 451 g/mol. The Balaban J connectivity index is 1.50. The number of hydrogen-bond acceptors (Lipinski definition) is 4. The van der Waals surface area contributed by atoms with Crippen LogP contribution < -0.4 is 4.90 Å². The summed E-state index contributed by atoms with van der Waals surface area (Å²) in [7, 11) is -3.31. The van der Waals surface area contributed by atoms with Crippen molar-refractivity contribution in [2.75, 3.05) is 11.4 Å². The summed E-state index contributed by atoms with van der Waals surface area (Å²) in [5, 5.41) is -0.219. The first kappa shape index (κ1) is 21.2. The topological polar surface area (TPSA) is 69.3 Å². The fourth-order valence-corrected chi connectivity index (χ4v) is 6.83. The molecule has 2 aromatic carbocycles. The van der Waals surface area contributed by atoms with Crippen molar-refractivity contribution in [2.45, 2.75) is 56.5 Å². The van der Waals surface area contributed by atoms with Crippen LogP contribution in [0.5, 0.6) is 0 Å². The summed E-state index contributed by atoms with van der Waals surface area (Å²) in [6.07, 6.45) is 7.92. The Hall–Kier alpha value is -2.64. The van der Waals surface area contributed by atoms with Gasteiger partial charge in [0.15, 0.2) is 0 Å². The number of hydrogen-bond donors (Lipinski definition) is 1. The summed E-state index contributed by atoms with van der Waals surface area (Å²) in [6.45, 7) is 1.62. The SMILES string of the molecule is O=S(=O)(C1CCC1)N1Cc2ccccc2N(Cc2cnc[nH]2)C(CCc2ccccc2)C1. The Morgan fingerprint density at radius 1 is 1.03 bits per heavy atom. The van der Waals surface area contributed by atoms with Crippen LogP contribution in [0.2, 0.25) is 0 Å². The molecule has 1 aliphatic heterocycles. The molecule has 1 saturated carbocycles. The number of nitrogens with one attached hydrogen (secondary N) is 1. The first-order chi connectivity index (χ1) is 15.6. The first-order valence-electron chi connectivity index (χ1n) is 11.5. The summed E-state index contributed by atoms with van der Waals surface area (Å²) in [4.78, 5) is 9.79. The molecule has 1 fully saturated rings.